The van der Waals surface area contributed by atoms with Crippen LogP contribution in [0.4, 0.5) is 5.69 Å². The molecule has 0 radical (unpaired) electrons. The Hall–Kier alpha value is -3.64. The van der Waals surface area contributed by atoms with Gasteiger partial charge in [-0.25, -0.2) is 9.36 Å². The van der Waals surface area contributed by atoms with Crippen LogP contribution in [0.2, 0.25) is 5.02 Å². The van der Waals surface area contributed by atoms with Crippen molar-refractivity contribution in [1.29, 1.82) is 0 Å². The van der Waals surface area contributed by atoms with Crippen molar-refractivity contribution in [1.82, 2.24) is 9.13 Å². The van der Waals surface area contributed by atoms with Crippen LogP contribution < -0.4 is 16.6 Å². The number of aromatic nitrogens is 2. The molecule has 1 aromatic heterocycles. The van der Waals surface area contributed by atoms with E-state index in [1.165, 1.54) is 4.57 Å². The van der Waals surface area contributed by atoms with E-state index in [1.807, 2.05) is 32.0 Å². The molecule has 0 atom stereocenters. The van der Waals surface area contributed by atoms with E-state index in [4.69, 9.17) is 11.6 Å². The molecule has 6 nitrogen and oxygen atoms in total. The van der Waals surface area contributed by atoms with Gasteiger partial charge in [-0.1, -0.05) is 35.9 Å². The van der Waals surface area contributed by atoms with E-state index in [-0.39, 0.29) is 12.5 Å². The summed E-state index contributed by atoms with van der Waals surface area (Å²) in [5.41, 5.74) is 2.48. The van der Waals surface area contributed by atoms with Crippen LogP contribution in [0.25, 0.3) is 16.6 Å². The number of rotatable bonds is 4. The molecule has 7 heteroatoms. The van der Waals surface area contributed by atoms with Crippen molar-refractivity contribution in [3.05, 3.63) is 104 Å². The van der Waals surface area contributed by atoms with Crippen LogP contribution in [-0.2, 0) is 11.3 Å². The standard InChI is InChI=1S/C24H20ClN3O3/c1-15-10-11-18(12-16(15)2)26-22(29)14-27-21-9-4-3-8-20(21)23(30)28(24(27)31)19-7-5-6-17(25)13-19/h3-13H,14H2,1-2H3,(H,26,29). The number of carbonyl (C=O) groups excluding carboxylic acids is 1. The summed E-state index contributed by atoms with van der Waals surface area (Å²) in [6.07, 6.45) is 0. The van der Waals surface area contributed by atoms with Gasteiger partial charge < -0.3 is 5.32 Å². The number of nitrogens with one attached hydrogen (secondary N) is 1. The summed E-state index contributed by atoms with van der Waals surface area (Å²) in [5.74, 6) is -0.369. The second-order valence-corrected chi connectivity index (χ2v) is 7.79. The number of halogens is 1. The predicted octanol–water partition coefficient (Wildman–Crippen LogP) is 4.06. The van der Waals surface area contributed by atoms with Gasteiger partial charge in [0.1, 0.15) is 6.54 Å². The van der Waals surface area contributed by atoms with Gasteiger partial charge in [0.05, 0.1) is 16.6 Å². The van der Waals surface area contributed by atoms with Gasteiger partial charge in [0.25, 0.3) is 5.56 Å². The van der Waals surface area contributed by atoms with E-state index < -0.39 is 11.2 Å². The van der Waals surface area contributed by atoms with Gasteiger partial charge in [-0.05, 0) is 67.4 Å². The van der Waals surface area contributed by atoms with Crippen molar-refractivity contribution in [2.45, 2.75) is 20.4 Å². The van der Waals surface area contributed by atoms with Gasteiger partial charge in [0.15, 0.2) is 0 Å². The van der Waals surface area contributed by atoms with Crippen LogP contribution >= 0.6 is 11.6 Å². The van der Waals surface area contributed by atoms with Crippen molar-refractivity contribution in [2.75, 3.05) is 5.32 Å². The number of hydrogen-bond donors (Lipinski definition) is 1. The molecule has 3 aromatic carbocycles. The first-order chi connectivity index (χ1) is 14.8. The average Bonchev–Trinajstić information content (AvgIpc) is 2.74. The Labute approximate surface area is 183 Å². The number of para-hydroxylation sites is 1. The fraction of sp³-hybridized carbons (Fsp3) is 0.125. The van der Waals surface area contributed by atoms with E-state index in [0.29, 0.717) is 27.3 Å². The second-order valence-electron chi connectivity index (χ2n) is 7.35. The highest BCUT2D eigenvalue weighted by Crippen LogP contribution is 2.16. The van der Waals surface area contributed by atoms with Crippen molar-refractivity contribution in [2.24, 2.45) is 0 Å². The molecule has 0 saturated carbocycles. The molecule has 4 aromatic rings. The summed E-state index contributed by atoms with van der Waals surface area (Å²) in [6.45, 7) is 3.71. The number of fused-ring (bicyclic) bond motifs is 1. The lowest BCUT2D eigenvalue weighted by atomic mass is 10.1. The normalized spacial score (nSPS) is 10.9. The van der Waals surface area contributed by atoms with E-state index >= 15 is 0 Å². The Morgan fingerprint density at radius 2 is 1.71 bits per heavy atom. The molecule has 1 heterocycles. The number of carbonyl (C=O) groups is 1. The Kier molecular flexibility index (Phi) is 5.48. The first-order valence-corrected chi connectivity index (χ1v) is 10.1. The minimum Gasteiger partial charge on any atom is -0.325 e. The van der Waals surface area contributed by atoms with Gasteiger partial charge in [0, 0.05) is 10.7 Å². The van der Waals surface area contributed by atoms with Crippen molar-refractivity contribution in [3.8, 4) is 5.69 Å². The molecular weight excluding hydrogens is 414 g/mol. The van der Waals surface area contributed by atoms with Gasteiger partial charge in [-0.15, -0.1) is 0 Å². The lowest BCUT2D eigenvalue weighted by molar-refractivity contribution is -0.116. The van der Waals surface area contributed by atoms with Crippen LogP contribution in [0.1, 0.15) is 11.1 Å². The molecule has 156 valence electrons. The van der Waals surface area contributed by atoms with Crippen LogP contribution in [0.5, 0.6) is 0 Å². The number of amides is 1. The molecule has 0 aliphatic carbocycles. The van der Waals surface area contributed by atoms with Crippen molar-refractivity contribution in [3.63, 3.8) is 0 Å². The number of hydrogen-bond acceptors (Lipinski definition) is 3. The molecule has 0 spiro atoms. The minimum atomic E-state index is -0.610. The van der Waals surface area contributed by atoms with Crippen molar-refractivity contribution >= 4 is 34.1 Å². The SMILES string of the molecule is Cc1ccc(NC(=O)Cn2c(=O)n(-c3cccc(Cl)c3)c(=O)c3ccccc32)cc1C. The highest BCUT2D eigenvalue weighted by molar-refractivity contribution is 6.30. The zero-order valence-electron chi connectivity index (χ0n) is 17.1. The lowest BCUT2D eigenvalue weighted by Crippen LogP contribution is -2.40. The molecule has 4 rings (SSSR count). The Bertz CT molecular complexity index is 1440. The van der Waals surface area contributed by atoms with Gasteiger partial charge in [-0.2, -0.15) is 0 Å². The summed E-state index contributed by atoms with van der Waals surface area (Å²) in [7, 11) is 0. The largest absolute Gasteiger partial charge is 0.336 e. The molecule has 0 fully saturated rings. The topological polar surface area (TPSA) is 73.1 Å². The highest BCUT2D eigenvalue weighted by atomic mass is 35.5. The van der Waals surface area contributed by atoms with Gasteiger partial charge >= 0.3 is 5.69 Å². The number of nitrogens with zero attached hydrogens (tertiary/aromatic N) is 2. The lowest BCUT2D eigenvalue weighted by Gasteiger charge is -2.14. The van der Waals surface area contributed by atoms with Gasteiger partial charge in [-0.3, -0.25) is 14.2 Å². The zero-order chi connectivity index (χ0) is 22.1. The summed E-state index contributed by atoms with van der Waals surface area (Å²) in [4.78, 5) is 39.2. The maximum Gasteiger partial charge on any atom is 0.336 e. The molecule has 0 saturated heterocycles. The fourth-order valence-corrected chi connectivity index (χ4v) is 3.66. The molecule has 0 bridgehead atoms. The quantitative estimate of drug-likeness (QED) is 0.527. The fourth-order valence-electron chi connectivity index (χ4n) is 3.48. The van der Waals surface area contributed by atoms with Crippen LogP contribution in [-0.4, -0.2) is 15.0 Å². The third-order valence-electron chi connectivity index (χ3n) is 5.21. The first kappa shape index (κ1) is 20.6. The number of benzene rings is 3. The maximum absolute atomic E-state index is 13.3. The van der Waals surface area contributed by atoms with Crippen molar-refractivity contribution < 1.29 is 4.79 Å². The zero-order valence-corrected chi connectivity index (χ0v) is 17.8. The summed E-state index contributed by atoms with van der Waals surface area (Å²) in [6, 6.07) is 18.8. The Balaban J connectivity index is 1.81. The molecule has 0 aliphatic heterocycles. The molecule has 1 amide bonds. The Morgan fingerprint density at radius 3 is 2.45 bits per heavy atom. The minimum absolute atomic E-state index is 0.243. The van der Waals surface area contributed by atoms with Crippen LogP contribution in [0.3, 0.4) is 0 Å². The smallest absolute Gasteiger partial charge is 0.325 e. The molecule has 0 unspecified atom stereocenters. The predicted molar refractivity (Wildman–Crippen MR) is 123 cm³/mol. The molecule has 31 heavy (non-hydrogen) atoms. The van der Waals surface area contributed by atoms with E-state index in [9.17, 15) is 14.4 Å². The van der Waals surface area contributed by atoms with Crippen LogP contribution in [0.15, 0.2) is 76.3 Å². The summed E-state index contributed by atoms with van der Waals surface area (Å²) in [5, 5.41) is 3.56. The van der Waals surface area contributed by atoms with E-state index in [0.717, 1.165) is 15.7 Å². The Morgan fingerprint density at radius 1 is 0.935 bits per heavy atom. The second kappa shape index (κ2) is 8.24. The number of anilines is 1. The third kappa shape index (κ3) is 4.02. The van der Waals surface area contributed by atoms with E-state index in [1.54, 1.807) is 48.5 Å². The van der Waals surface area contributed by atoms with Gasteiger partial charge in [0.2, 0.25) is 5.91 Å². The number of aryl methyl sites for hydroxylation is 2. The van der Waals surface area contributed by atoms with E-state index in [2.05, 4.69) is 5.32 Å². The molecule has 0 aliphatic rings. The monoisotopic (exact) mass is 433 g/mol. The molecule has 1 N–H and O–H groups in total. The third-order valence-corrected chi connectivity index (χ3v) is 5.44. The molecular formula is C24H20ClN3O3. The summed E-state index contributed by atoms with van der Waals surface area (Å²) < 4.78 is 2.34. The first-order valence-electron chi connectivity index (χ1n) is 9.73. The highest BCUT2D eigenvalue weighted by Gasteiger charge is 2.16. The summed E-state index contributed by atoms with van der Waals surface area (Å²) >= 11 is 6.07. The van der Waals surface area contributed by atoms with Crippen LogP contribution in [0, 0.1) is 13.8 Å². The average molecular weight is 434 g/mol. The maximum atomic E-state index is 13.3.